The minimum absolute atomic E-state index is 0.104. The molecule has 1 saturated heterocycles. The number of nitrogens with zero attached hydrogens (tertiary/aromatic N) is 1. The largest absolute Gasteiger partial charge is 0.481 e. The first-order valence-electron chi connectivity index (χ1n) is 21.6. The molecule has 2 heterocycles. The number of H-pyrrole nitrogens is 1. The van der Waals surface area contributed by atoms with Gasteiger partial charge in [-0.3, -0.25) is 29.1 Å². The molecular weight excluding hydrogens is 760 g/mol. The molecule has 2 aromatic carbocycles. The Morgan fingerprint density at radius 2 is 1.34 bits per heavy atom. The van der Waals surface area contributed by atoms with Crippen molar-refractivity contribution in [3.05, 3.63) is 65.2 Å². The molecule has 0 amide bonds. The smallest absolute Gasteiger partial charge is 0.311 e. The van der Waals surface area contributed by atoms with Crippen molar-refractivity contribution in [1.29, 1.82) is 0 Å². The average molecular weight is 821 g/mol. The summed E-state index contributed by atoms with van der Waals surface area (Å²) in [7, 11) is 0. The van der Waals surface area contributed by atoms with E-state index in [2.05, 4.69) is 22.0 Å². The van der Waals surface area contributed by atoms with Gasteiger partial charge in [-0.25, -0.2) is 0 Å². The lowest BCUT2D eigenvalue weighted by Gasteiger charge is -2.45. The van der Waals surface area contributed by atoms with Gasteiger partial charge in [0.1, 0.15) is 12.7 Å². The topological polar surface area (TPSA) is 190 Å². The monoisotopic (exact) mass is 820 g/mol. The maximum atomic E-state index is 13.9. The lowest BCUT2D eigenvalue weighted by Crippen LogP contribution is -2.65. The summed E-state index contributed by atoms with van der Waals surface area (Å²) in [5, 5.41) is 16.5. The van der Waals surface area contributed by atoms with Crippen LogP contribution in [0.5, 0.6) is 5.88 Å². The number of fused-ring (bicyclic) bond motifs is 1. The maximum absolute atomic E-state index is 13.9. The molecule has 59 heavy (non-hydrogen) atoms. The predicted octanol–water partition coefficient (Wildman–Crippen LogP) is 7.02. The summed E-state index contributed by atoms with van der Waals surface area (Å²) in [4.78, 5) is 65.5. The number of benzene rings is 2. The van der Waals surface area contributed by atoms with Crippen LogP contribution < -0.4 is 4.74 Å². The van der Waals surface area contributed by atoms with Gasteiger partial charge in [0, 0.05) is 16.6 Å². The second kappa shape index (κ2) is 18.1. The predicted molar refractivity (Wildman–Crippen MR) is 218 cm³/mol. The number of aliphatic carboxylic acids is 1. The number of carbonyl (C=O) groups excluding carboxylic acids is 4. The standard InChI is InChI=1S/C45H56N2O12/c1-42(2,3)38(50)54-25-30-33(56-39(51)43(4,5)6)34(57-40(52)44(7,8)9)35(58-41(53)45(10,11)12)37(55-30)59-36-32-28(16-14-17-29(32)46-47-36)24-23-27-21-19-26(20-22-27)15-13-18-31(48)49/h13-17,19-22,30,33-35,37H,18,25H2,1-12H3,(H,46,47)(H,48,49)/b15-13+/t30-,33-,34+,35-,37?/m1/s1/i1D,4D,7D,10D. The summed E-state index contributed by atoms with van der Waals surface area (Å²) in [5.41, 5.74) is -3.18. The van der Waals surface area contributed by atoms with Gasteiger partial charge in [-0.15, -0.1) is 5.10 Å². The zero-order chi connectivity index (χ0) is 46.9. The Balaban J connectivity index is 1.88. The fourth-order valence-corrected chi connectivity index (χ4v) is 5.17. The van der Waals surface area contributed by atoms with E-state index in [1.165, 1.54) is 61.5 Å². The first kappa shape index (κ1) is 40.1. The number of carboxylic acid groups (broad SMARTS) is 1. The molecule has 1 aromatic heterocycles. The second-order valence-electron chi connectivity index (χ2n) is 17.0. The zero-order valence-electron chi connectivity index (χ0n) is 38.7. The minimum atomic E-state index is -1.75. The SMILES string of the molecule is [2H]CC(C)(C)C(=O)OC[C@H]1OC(Oc2n[nH]c3cccc(C#Cc4ccc(/C=C/CC(=O)O)cc4)c23)[C@H](OC(=O)C(C)(C)C[2H])[C@@H](OC(=O)C(C)(C)C[2H])[C@@H]1OC(=O)C(C)(C)C[2H]. The van der Waals surface area contributed by atoms with Crippen LogP contribution in [0.1, 0.15) is 112 Å². The number of esters is 4. The van der Waals surface area contributed by atoms with Crippen molar-refractivity contribution in [1.82, 2.24) is 10.2 Å². The van der Waals surface area contributed by atoms with Gasteiger partial charge in [-0.1, -0.05) is 42.2 Å². The van der Waals surface area contributed by atoms with Crippen molar-refractivity contribution < 1.29 is 63.0 Å². The van der Waals surface area contributed by atoms with Gasteiger partial charge in [-0.2, -0.15) is 0 Å². The summed E-state index contributed by atoms with van der Waals surface area (Å²) in [5.74, 6) is 1.57. The maximum Gasteiger partial charge on any atom is 0.311 e. The van der Waals surface area contributed by atoms with Crippen molar-refractivity contribution in [3.63, 3.8) is 0 Å². The van der Waals surface area contributed by atoms with E-state index in [1.807, 2.05) is 0 Å². The van der Waals surface area contributed by atoms with Gasteiger partial charge in [0.2, 0.25) is 18.3 Å². The summed E-state index contributed by atoms with van der Waals surface area (Å²) in [6.07, 6.45) is -5.31. The van der Waals surface area contributed by atoms with Gasteiger partial charge < -0.3 is 33.5 Å². The Kier molecular flexibility index (Phi) is 12.3. The molecule has 0 spiro atoms. The number of nitrogens with one attached hydrogen (secondary N) is 1. The Bertz CT molecular complexity index is 2230. The van der Waals surface area contributed by atoms with Crippen LogP contribution in [0.2, 0.25) is 0 Å². The Labute approximate surface area is 350 Å². The van der Waals surface area contributed by atoms with Crippen LogP contribution in [-0.2, 0) is 47.7 Å². The van der Waals surface area contributed by atoms with Crippen LogP contribution in [0, 0.1) is 33.5 Å². The van der Waals surface area contributed by atoms with E-state index in [0.717, 1.165) is 5.56 Å². The Morgan fingerprint density at radius 3 is 1.92 bits per heavy atom. The molecule has 1 aliphatic rings. The molecule has 4 rings (SSSR count). The van der Waals surface area contributed by atoms with Crippen molar-refractivity contribution >= 4 is 46.8 Å². The van der Waals surface area contributed by atoms with Crippen LogP contribution in [0.3, 0.4) is 0 Å². The van der Waals surface area contributed by atoms with E-state index in [-0.39, 0.29) is 19.2 Å². The summed E-state index contributed by atoms with van der Waals surface area (Å²) >= 11 is 0. The quantitative estimate of drug-likeness (QED) is 0.121. The molecule has 0 saturated carbocycles. The Hall–Kier alpha value is -5.68. The number of aromatic amines is 1. The molecule has 0 bridgehead atoms. The van der Waals surface area contributed by atoms with E-state index in [4.69, 9.17) is 39.0 Å². The van der Waals surface area contributed by atoms with E-state index >= 15 is 0 Å². The van der Waals surface area contributed by atoms with Gasteiger partial charge in [0.15, 0.2) is 12.2 Å². The number of aromatic nitrogens is 2. The summed E-state index contributed by atoms with van der Waals surface area (Å²) in [6, 6.07) is 12.3. The average Bonchev–Trinajstić information content (AvgIpc) is 3.66. The van der Waals surface area contributed by atoms with E-state index in [9.17, 15) is 24.0 Å². The number of rotatable bonds is 10. The fraction of sp³-hybridized carbons (Fsp3) is 0.511. The molecule has 5 atom stereocenters. The number of carboxylic acids is 1. The molecule has 14 nitrogen and oxygen atoms in total. The van der Waals surface area contributed by atoms with Crippen molar-refractivity contribution in [2.45, 2.75) is 120 Å². The lowest BCUT2D eigenvalue weighted by molar-refractivity contribution is -0.294. The molecule has 2 N–H and O–H groups in total. The third-order valence-corrected chi connectivity index (χ3v) is 8.55. The van der Waals surface area contributed by atoms with Crippen molar-refractivity contribution in [3.8, 4) is 17.7 Å². The van der Waals surface area contributed by atoms with E-state index < -0.39 is 110 Å². The highest BCUT2D eigenvalue weighted by Crippen LogP contribution is 2.36. The van der Waals surface area contributed by atoms with Gasteiger partial charge in [-0.05, 0) is 113 Å². The number of hydrogen-bond donors (Lipinski definition) is 2. The molecule has 0 aliphatic carbocycles. The molecule has 1 fully saturated rings. The minimum Gasteiger partial charge on any atom is -0.481 e. The molecule has 1 unspecified atom stereocenters. The number of hydrogen-bond acceptors (Lipinski definition) is 12. The second-order valence-corrected chi connectivity index (χ2v) is 17.0. The highest BCUT2D eigenvalue weighted by atomic mass is 16.7. The van der Waals surface area contributed by atoms with Crippen molar-refractivity contribution in [2.24, 2.45) is 21.7 Å². The normalized spacial score (nSPS) is 20.8. The van der Waals surface area contributed by atoms with Gasteiger partial charge >= 0.3 is 29.8 Å². The highest BCUT2D eigenvalue weighted by Gasteiger charge is 2.56. The number of ether oxygens (including phenoxy) is 6. The Morgan fingerprint density at radius 1 is 0.780 bits per heavy atom. The van der Waals surface area contributed by atoms with Crippen LogP contribution in [0.15, 0.2) is 48.5 Å². The summed E-state index contributed by atoms with van der Waals surface area (Å²) in [6.45, 7) is 9.54. The third-order valence-electron chi connectivity index (χ3n) is 8.55. The first-order chi connectivity index (χ1) is 29.5. The lowest BCUT2D eigenvalue weighted by atomic mass is 9.93. The third kappa shape index (κ3) is 12.4. The zero-order valence-corrected chi connectivity index (χ0v) is 34.7. The first-order valence-corrected chi connectivity index (χ1v) is 18.8. The molecule has 0 radical (unpaired) electrons. The molecule has 3 aromatic rings. The molecule has 14 heteroatoms. The fourth-order valence-electron chi connectivity index (χ4n) is 5.17. The van der Waals surface area contributed by atoms with E-state index in [0.29, 0.717) is 22.0 Å². The van der Waals surface area contributed by atoms with Crippen molar-refractivity contribution in [2.75, 3.05) is 6.61 Å². The van der Waals surface area contributed by atoms with E-state index in [1.54, 1.807) is 48.5 Å². The molecular formula is C45H56N2O12. The van der Waals surface area contributed by atoms with Gasteiger partial charge in [0.25, 0.3) is 0 Å². The van der Waals surface area contributed by atoms with Crippen LogP contribution in [0.4, 0.5) is 0 Å². The van der Waals surface area contributed by atoms with Crippen LogP contribution in [-0.4, -0.2) is 82.5 Å². The highest BCUT2D eigenvalue weighted by molar-refractivity contribution is 5.90. The van der Waals surface area contributed by atoms with Crippen LogP contribution in [0.25, 0.3) is 17.0 Å². The number of carbonyl (C=O) groups is 5. The van der Waals surface area contributed by atoms with Crippen LogP contribution >= 0.6 is 0 Å². The molecule has 318 valence electrons. The van der Waals surface area contributed by atoms with Gasteiger partial charge in [0.05, 0.1) is 39.0 Å². The summed E-state index contributed by atoms with van der Waals surface area (Å²) < 4.78 is 68.5. The molecule has 1 aliphatic heterocycles.